The van der Waals surface area contributed by atoms with Gasteiger partial charge in [0.15, 0.2) is 0 Å². The van der Waals surface area contributed by atoms with Gasteiger partial charge >= 0.3 is 5.97 Å². The molecule has 1 unspecified atom stereocenters. The van der Waals surface area contributed by atoms with Gasteiger partial charge in [0, 0.05) is 6.04 Å². The van der Waals surface area contributed by atoms with E-state index in [0.717, 1.165) is 38.5 Å². The van der Waals surface area contributed by atoms with Crippen molar-refractivity contribution in [2.24, 2.45) is 5.92 Å². The molecule has 2 N–H and O–H groups in total. The van der Waals surface area contributed by atoms with E-state index in [2.05, 4.69) is 5.32 Å². The Balaban J connectivity index is 1.86. The van der Waals surface area contributed by atoms with E-state index >= 15 is 0 Å². The number of ether oxygens (including phenoxy) is 1. The predicted molar refractivity (Wildman–Crippen MR) is 88.2 cm³/mol. The van der Waals surface area contributed by atoms with Crippen molar-refractivity contribution < 1.29 is 19.4 Å². The van der Waals surface area contributed by atoms with Crippen LogP contribution in [0.4, 0.5) is 0 Å². The maximum atomic E-state index is 12.4. The molecule has 0 saturated heterocycles. The Labute approximate surface area is 139 Å². The fourth-order valence-electron chi connectivity index (χ4n) is 3.80. The molecule has 0 bridgehead atoms. The average molecular weight is 325 g/mol. The van der Waals surface area contributed by atoms with Gasteiger partial charge in [0.05, 0.1) is 12.0 Å². The molecule has 2 aliphatic carbocycles. The van der Waals surface area contributed by atoms with Crippen LogP contribution in [0.1, 0.15) is 77.6 Å². The fraction of sp³-hybridized carbons (Fsp3) is 0.889. The molecule has 2 aliphatic rings. The van der Waals surface area contributed by atoms with Crippen LogP contribution in [-0.4, -0.2) is 35.2 Å². The average Bonchev–Trinajstić information content (AvgIpc) is 2.90. The van der Waals surface area contributed by atoms with E-state index in [9.17, 15) is 14.7 Å². The first-order valence-corrected chi connectivity index (χ1v) is 9.26. The van der Waals surface area contributed by atoms with Crippen LogP contribution in [0.2, 0.25) is 0 Å². The smallest absolute Gasteiger partial charge is 0.308 e. The molecule has 5 nitrogen and oxygen atoms in total. The van der Waals surface area contributed by atoms with Crippen LogP contribution < -0.4 is 5.32 Å². The summed E-state index contributed by atoms with van der Waals surface area (Å²) < 4.78 is 5.94. The van der Waals surface area contributed by atoms with Crippen molar-refractivity contribution >= 4 is 11.9 Å². The first kappa shape index (κ1) is 18.2. The molecule has 3 atom stereocenters. The van der Waals surface area contributed by atoms with E-state index < -0.39 is 18.0 Å². The first-order valence-electron chi connectivity index (χ1n) is 9.26. The van der Waals surface area contributed by atoms with E-state index in [0.29, 0.717) is 6.42 Å². The van der Waals surface area contributed by atoms with Gasteiger partial charge in [-0.1, -0.05) is 44.9 Å². The normalized spacial score (nSPS) is 28.4. The Hall–Kier alpha value is -1.10. The molecule has 5 heteroatoms. The third-order valence-electron chi connectivity index (χ3n) is 5.23. The van der Waals surface area contributed by atoms with Crippen molar-refractivity contribution in [2.75, 3.05) is 0 Å². The third-order valence-corrected chi connectivity index (χ3v) is 5.23. The summed E-state index contributed by atoms with van der Waals surface area (Å²) in [6.45, 7) is 1.78. The summed E-state index contributed by atoms with van der Waals surface area (Å²) in [6, 6.07) is -0.261. The number of hydrogen-bond acceptors (Lipinski definition) is 3. The SMILES string of the molecule is CC(OC1CCCCCC1)C(=O)N[C@H]1CCCCC[C@H]1C(=O)O. The molecular formula is C18H31NO4. The number of nitrogens with one attached hydrogen (secondary N) is 1. The summed E-state index contributed by atoms with van der Waals surface area (Å²) in [5, 5.41) is 12.3. The lowest BCUT2D eigenvalue weighted by Crippen LogP contribution is -2.47. The van der Waals surface area contributed by atoms with Gasteiger partial charge in [0.1, 0.15) is 6.10 Å². The van der Waals surface area contributed by atoms with Crippen LogP contribution in [0.5, 0.6) is 0 Å². The van der Waals surface area contributed by atoms with Gasteiger partial charge in [-0.3, -0.25) is 9.59 Å². The quantitative estimate of drug-likeness (QED) is 0.761. The molecule has 0 aliphatic heterocycles. The molecular weight excluding hydrogens is 294 g/mol. The minimum atomic E-state index is -0.797. The number of hydrogen-bond donors (Lipinski definition) is 2. The van der Waals surface area contributed by atoms with Crippen molar-refractivity contribution in [1.82, 2.24) is 5.32 Å². The zero-order chi connectivity index (χ0) is 16.7. The van der Waals surface area contributed by atoms with Crippen molar-refractivity contribution in [2.45, 2.75) is 95.8 Å². The maximum absolute atomic E-state index is 12.4. The van der Waals surface area contributed by atoms with E-state index in [1.807, 2.05) is 0 Å². The Morgan fingerprint density at radius 1 is 0.957 bits per heavy atom. The standard InChI is InChI=1S/C18H31NO4/c1-13(23-14-9-5-2-3-6-10-14)17(20)19-16-12-8-4-7-11-15(16)18(21)22/h13-16H,2-12H2,1H3,(H,19,20)(H,21,22)/t13?,15-,16+/m1/s1. The predicted octanol–water partition coefficient (Wildman–Crippen LogP) is 3.26. The summed E-state index contributed by atoms with van der Waals surface area (Å²) in [5.41, 5.74) is 0. The van der Waals surface area contributed by atoms with E-state index in [-0.39, 0.29) is 18.1 Å². The van der Waals surface area contributed by atoms with Crippen molar-refractivity contribution in [3.8, 4) is 0 Å². The molecule has 2 rings (SSSR count). The highest BCUT2D eigenvalue weighted by atomic mass is 16.5. The summed E-state index contributed by atoms with van der Waals surface area (Å²) in [4.78, 5) is 23.9. The number of aliphatic carboxylic acids is 1. The van der Waals surface area contributed by atoms with Gasteiger partial charge in [0.2, 0.25) is 5.91 Å². The lowest BCUT2D eigenvalue weighted by atomic mass is 9.94. The van der Waals surface area contributed by atoms with Crippen molar-refractivity contribution in [3.05, 3.63) is 0 Å². The minimum Gasteiger partial charge on any atom is -0.481 e. The molecule has 2 fully saturated rings. The van der Waals surface area contributed by atoms with Crippen LogP contribution >= 0.6 is 0 Å². The number of carboxylic acid groups (broad SMARTS) is 1. The van der Waals surface area contributed by atoms with Gasteiger partial charge in [-0.15, -0.1) is 0 Å². The van der Waals surface area contributed by atoms with Crippen molar-refractivity contribution in [3.63, 3.8) is 0 Å². The van der Waals surface area contributed by atoms with Crippen LogP contribution in [0.3, 0.4) is 0 Å². The molecule has 23 heavy (non-hydrogen) atoms. The van der Waals surface area contributed by atoms with Crippen LogP contribution in [0.15, 0.2) is 0 Å². The second kappa shape index (κ2) is 9.26. The van der Waals surface area contributed by atoms with Crippen LogP contribution in [0, 0.1) is 5.92 Å². The van der Waals surface area contributed by atoms with Gasteiger partial charge in [-0.25, -0.2) is 0 Å². The number of carbonyl (C=O) groups excluding carboxylic acids is 1. The van der Waals surface area contributed by atoms with E-state index in [1.165, 1.54) is 25.7 Å². The lowest BCUT2D eigenvalue weighted by Gasteiger charge is -2.26. The molecule has 132 valence electrons. The van der Waals surface area contributed by atoms with Gasteiger partial charge < -0.3 is 15.2 Å². The maximum Gasteiger partial charge on any atom is 0.308 e. The Morgan fingerprint density at radius 3 is 2.17 bits per heavy atom. The first-order chi connectivity index (χ1) is 11.1. The molecule has 2 saturated carbocycles. The minimum absolute atomic E-state index is 0.160. The number of amides is 1. The highest BCUT2D eigenvalue weighted by molar-refractivity contribution is 5.81. The summed E-state index contributed by atoms with van der Waals surface area (Å²) in [6.07, 6.45) is 10.9. The zero-order valence-corrected chi connectivity index (χ0v) is 14.3. The third kappa shape index (κ3) is 5.79. The van der Waals surface area contributed by atoms with E-state index in [4.69, 9.17) is 4.74 Å². The topological polar surface area (TPSA) is 75.6 Å². The fourth-order valence-corrected chi connectivity index (χ4v) is 3.80. The van der Waals surface area contributed by atoms with Gasteiger partial charge in [-0.2, -0.15) is 0 Å². The molecule has 0 aromatic carbocycles. The Morgan fingerprint density at radius 2 is 1.52 bits per heavy atom. The van der Waals surface area contributed by atoms with Gasteiger partial charge in [0.25, 0.3) is 0 Å². The Bertz CT molecular complexity index is 390. The zero-order valence-electron chi connectivity index (χ0n) is 14.3. The number of carbonyl (C=O) groups is 2. The largest absolute Gasteiger partial charge is 0.481 e. The second-order valence-electron chi connectivity index (χ2n) is 7.09. The molecule has 0 aromatic heterocycles. The number of carboxylic acids is 1. The van der Waals surface area contributed by atoms with Crippen LogP contribution in [-0.2, 0) is 14.3 Å². The molecule has 1 amide bonds. The summed E-state index contributed by atoms with van der Waals surface area (Å²) in [7, 11) is 0. The highest BCUT2D eigenvalue weighted by Gasteiger charge is 2.32. The van der Waals surface area contributed by atoms with E-state index in [1.54, 1.807) is 6.92 Å². The number of rotatable bonds is 5. The van der Waals surface area contributed by atoms with Crippen molar-refractivity contribution in [1.29, 1.82) is 0 Å². The van der Waals surface area contributed by atoms with Gasteiger partial charge in [-0.05, 0) is 32.6 Å². The molecule has 0 radical (unpaired) electrons. The lowest BCUT2D eigenvalue weighted by molar-refractivity contribution is -0.144. The second-order valence-corrected chi connectivity index (χ2v) is 7.09. The monoisotopic (exact) mass is 325 g/mol. The summed E-state index contributed by atoms with van der Waals surface area (Å²) in [5.74, 6) is -1.42. The Kier molecular flexibility index (Phi) is 7.34. The molecule has 0 aromatic rings. The summed E-state index contributed by atoms with van der Waals surface area (Å²) >= 11 is 0. The molecule has 0 spiro atoms. The van der Waals surface area contributed by atoms with Crippen LogP contribution in [0.25, 0.3) is 0 Å². The molecule has 0 heterocycles. The highest BCUT2D eigenvalue weighted by Crippen LogP contribution is 2.25.